The quantitative estimate of drug-likeness (QED) is 0.531. The predicted octanol–water partition coefficient (Wildman–Crippen LogP) is 3.73. The van der Waals surface area contributed by atoms with Crippen molar-refractivity contribution in [3.8, 4) is 11.3 Å². The third-order valence-electron chi connectivity index (χ3n) is 4.29. The van der Waals surface area contributed by atoms with E-state index in [1.165, 1.54) is 0 Å². The average molecular weight is 397 g/mol. The summed E-state index contributed by atoms with van der Waals surface area (Å²) in [7, 11) is 0. The lowest BCUT2D eigenvalue weighted by Crippen LogP contribution is -2.31. The molecule has 144 valence electrons. The topological polar surface area (TPSA) is 97.1 Å². The first-order chi connectivity index (χ1) is 13.5. The second-order valence-electron chi connectivity index (χ2n) is 6.33. The van der Waals surface area contributed by atoms with Crippen LogP contribution in [0.1, 0.15) is 23.2 Å². The van der Waals surface area contributed by atoms with Gasteiger partial charge in [0.05, 0.1) is 16.8 Å². The molecule has 1 heterocycles. The van der Waals surface area contributed by atoms with Crippen molar-refractivity contribution in [1.82, 2.24) is 15.6 Å². The Morgan fingerprint density at radius 1 is 0.964 bits per heavy atom. The Morgan fingerprint density at radius 3 is 2.36 bits per heavy atom. The predicted molar refractivity (Wildman–Crippen MR) is 111 cm³/mol. The number of hydrogen-bond donors (Lipinski definition) is 3. The van der Waals surface area contributed by atoms with E-state index in [9.17, 15) is 9.59 Å². The summed E-state index contributed by atoms with van der Waals surface area (Å²) in [4.78, 5) is 28.1. The molecule has 0 radical (unpaired) electrons. The minimum atomic E-state index is -0.540. The van der Waals surface area contributed by atoms with Crippen molar-refractivity contribution in [3.63, 3.8) is 0 Å². The summed E-state index contributed by atoms with van der Waals surface area (Å²) >= 11 is 5.97. The van der Waals surface area contributed by atoms with Gasteiger partial charge in [-0.3, -0.25) is 4.79 Å². The number of pyridine rings is 1. The number of nitrogens with two attached hydrogens (primary N) is 1. The van der Waals surface area contributed by atoms with Crippen LogP contribution in [0, 0.1) is 0 Å². The average Bonchev–Trinajstić information content (AvgIpc) is 2.70. The standard InChI is InChI=1S/C21H21ClN4O2/c22-15-9-7-14(8-10-15)19-13-17(16-5-1-2-6-18(16)26-19)20(27)24-11-3-4-12-25-21(23)28/h1-2,5-10,13H,3-4,11-12H2,(H,24,27)(H3,23,25,28). The van der Waals surface area contributed by atoms with Crippen LogP contribution in [0.25, 0.3) is 22.2 Å². The number of fused-ring (bicyclic) bond motifs is 1. The number of carbonyl (C=O) groups excluding carboxylic acids is 2. The van der Waals surface area contributed by atoms with E-state index in [0.717, 1.165) is 29.3 Å². The lowest BCUT2D eigenvalue weighted by Gasteiger charge is -2.11. The van der Waals surface area contributed by atoms with E-state index in [1.807, 2.05) is 36.4 Å². The summed E-state index contributed by atoms with van der Waals surface area (Å²) in [6.45, 7) is 0.996. The van der Waals surface area contributed by atoms with Gasteiger partial charge in [0, 0.05) is 29.1 Å². The molecule has 0 unspecified atom stereocenters. The number of nitrogens with one attached hydrogen (secondary N) is 2. The number of unbranched alkanes of at least 4 members (excludes halogenated alkanes) is 1. The molecule has 3 rings (SSSR count). The number of carbonyl (C=O) groups is 2. The summed E-state index contributed by atoms with van der Waals surface area (Å²) in [5.74, 6) is -0.156. The molecule has 0 fully saturated rings. The Kier molecular flexibility index (Phi) is 6.45. The first-order valence-electron chi connectivity index (χ1n) is 9.02. The molecule has 0 saturated carbocycles. The molecule has 0 bridgehead atoms. The maximum atomic E-state index is 12.8. The van der Waals surface area contributed by atoms with E-state index in [4.69, 9.17) is 17.3 Å². The van der Waals surface area contributed by atoms with Crippen LogP contribution in [0.2, 0.25) is 5.02 Å². The summed E-state index contributed by atoms with van der Waals surface area (Å²) < 4.78 is 0. The first kappa shape index (κ1) is 19.6. The molecule has 28 heavy (non-hydrogen) atoms. The molecule has 3 amide bonds. The molecule has 3 aromatic rings. The molecule has 1 aromatic heterocycles. The van der Waals surface area contributed by atoms with Gasteiger partial charge in [-0.25, -0.2) is 9.78 Å². The van der Waals surface area contributed by atoms with E-state index in [2.05, 4.69) is 15.6 Å². The Bertz CT molecular complexity index is 989. The van der Waals surface area contributed by atoms with Gasteiger partial charge in [-0.1, -0.05) is 41.9 Å². The van der Waals surface area contributed by atoms with Crippen molar-refractivity contribution in [2.75, 3.05) is 13.1 Å². The third-order valence-corrected chi connectivity index (χ3v) is 4.54. The summed E-state index contributed by atoms with van der Waals surface area (Å²) in [5, 5.41) is 6.91. The van der Waals surface area contributed by atoms with Gasteiger partial charge in [0.25, 0.3) is 5.91 Å². The number of hydrogen-bond acceptors (Lipinski definition) is 3. The summed E-state index contributed by atoms with van der Waals surface area (Å²) in [5.41, 5.74) is 7.96. The Labute approximate surface area is 168 Å². The van der Waals surface area contributed by atoms with Gasteiger partial charge in [0.1, 0.15) is 0 Å². The van der Waals surface area contributed by atoms with Crippen LogP contribution in [0.5, 0.6) is 0 Å². The molecule has 0 aliphatic carbocycles. The van der Waals surface area contributed by atoms with E-state index >= 15 is 0 Å². The molecule has 2 aromatic carbocycles. The van der Waals surface area contributed by atoms with Gasteiger partial charge in [-0.05, 0) is 37.1 Å². The van der Waals surface area contributed by atoms with Crippen molar-refractivity contribution < 1.29 is 9.59 Å². The summed E-state index contributed by atoms with van der Waals surface area (Å²) in [6, 6.07) is 16.2. The smallest absolute Gasteiger partial charge is 0.312 e. The zero-order valence-corrected chi connectivity index (χ0v) is 16.0. The molecule has 0 atom stereocenters. The molecule has 0 aliphatic heterocycles. The van der Waals surface area contributed by atoms with Gasteiger partial charge in [-0.2, -0.15) is 0 Å². The van der Waals surface area contributed by atoms with Gasteiger partial charge in [0.2, 0.25) is 0 Å². The van der Waals surface area contributed by atoms with Gasteiger partial charge in [0.15, 0.2) is 0 Å². The van der Waals surface area contributed by atoms with Crippen LogP contribution in [0.3, 0.4) is 0 Å². The Balaban J connectivity index is 1.78. The zero-order valence-electron chi connectivity index (χ0n) is 15.2. The number of urea groups is 1. The molecule has 6 nitrogen and oxygen atoms in total. The molecule has 0 aliphatic rings. The second kappa shape index (κ2) is 9.19. The lowest BCUT2D eigenvalue weighted by atomic mass is 10.0. The molecular formula is C21H21ClN4O2. The van der Waals surface area contributed by atoms with Crippen LogP contribution in [-0.4, -0.2) is 30.0 Å². The van der Waals surface area contributed by atoms with Gasteiger partial charge < -0.3 is 16.4 Å². The number of amides is 3. The van der Waals surface area contributed by atoms with Crippen LogP contribution in [-0.2, 0) is 0 Å². The fraction of sp³-hybridized carbons (Fsp3) is 0.190. The van der Waals surface area contributed by atoms with Crippen molar-refractivity contribution in [2.45, 2.75) is 12.8 Å². The molecule has 0 saturated heterocycles. The lowest BCUT2D eigenvalue weighted by molar-refractivity contribution is 0.0954. The van der Waals surface area contributed by atoms with Crippen LogP contribution in [0.4, 0.5) is 4.79 Å². The SMILES string of the molecule is NC(=O)NCCCCNC(=O)c1cc(-c2ccc(Cl)cc2)nc2ccccc12. The molecule has 7 heteroatoms. The maximum absolute atomic E-state index is 12.8. The number of rotatable bonds is 7. The Hall–Kier alpha value is -3.12. The third kappa shape index (κ3) is 4.98. The van der Waals surface area contributed by atoms with Crippen LogP contribution < -0.4 is 16.4 Å². The highest BCUT2D eigenvalue weighted by atomic mass is 35.5. The fourth-order valence-corrected chi connectivity index (χ4v) is 3.02. The highest BCUT2D eigenvalue weighted by Crippen LogP contribution is 2.26. The monoisotopic (exact) mass is 396 g/mol. The minimum Gasteiger partial charge on any atom is -0.352 e. The van der Waals surface area contributed by atoms with Crippen molar-refractivity contribution in [1.29, 1.82) is 0 Å². The molecule has 4 N–H and O–H groups in total. The van der Waals surface area contributed by atoms with E-state index in [0.29, 0.717) is 29.4 Å². The highest BCUT2D eigenvalue weighted by Gasteiger charge is 2.13. The van der Waals surface area contributed by atoms with E-state index < -0.39 is 6.03 Å². The number of nitrogens with zero attached hydrogens (tertiary/aromatic N) is 1. The number of para-hydroxylation sites is 1. The largest absolute Gasteiger partial charge is 0.352 e. The van der Waals surface area contributed by atoms with E-state index in [-0.39, 0.29) is 5.91 Å². The van der Waals surface area contributed by atoms with Crippen LogP contribution >= 0.6 is 11.6 Å². The van der Waals surface area contributed by atoms with E-state index in [1.54, 1.807) is 18.2 Å². The van der Waals surface area contributed by atoms with Crippen LogP contribution in [0.15, 0.2) is 54.6 Å². The number of halogens is 1. The number of primary amides is 1. The summed E-state index contributed by atoms with van der Waals surface area (Å²) in [6.07, 6.45) is 1.47. The first-order valence-corrected chi connectivity index (χ1v) is 9.39. The Morgan fingerprint density at radius 2 is 1.64 bits per heavy atom. The fourth-order valence-electron chi connectivity index (χ4n) is 2.89. The molecular weight excluding hydrogens is 376 g/mol. The highest BCUT2D eigenvalue weighted by molar-refractivity contribution is 6.30. The van der Waals surface area contributed by atoms with Crippen molar-refractivity contribution in [2.24, 2.45) is 5.73 Å². The maximum Gasteiger partial charge on any atom is 0.312 e. The minimum absolute atomic E-state index is 0.156. The van der Waals surface area contributed by atoms with Gasteiger partial charge >= 0.3 is 6.03 Å². The van der Waals surface area contributed by atoms with Crippen molar-refractivity contribution >= 4 is 34.4 Å². The normalized spacial score (nSPS) is 10.6. The molecule has 0 spiro atoms. The van der Waals surface area contributed by atoms with Crippen molar-refractivity contribution in [3.05, 3.63) is 65.2 Å². The number of benzene rings is 2. The zero-order chi connectivity index (χ0) is 19.9. The second-order valence-corrected chi connectivity index (χ2v) is 6.77. The van der Waals surface area contributed by atoms with Gasteiger partial charge in [-0.15, -0.1) is 0 Å². The number of aromatic nitrogens is 1.